The van der Waals surface area contributed by atoms with Crippen molar-refractivity contribution in [2.45, 2.75) is 46.6 Å². The molecule has 0 radical (unpaired) electrons. The number of nitrogens with one attached hydrogen (secondary N) is 1. The highest BCUT2D eigenvalue weighted by Gasteiger charge is 2.22. The molecule has 1 aromatic rings. The van der Waals surface area contributed by atoms with Crippen LogP contribution < -0.4 is 10.1 Å². The molecule has 18 heavy (non-hydrogen) atoms. The summed E-state index contributed by atoms with van der Waals surface area (Å²) < 4.78 is 5.85. The maximum absolute atomic E-state index is 5.85. The van der Waals surface area contributed by atoms with Gasteiger partial charge in [-0.3, -0.25) is 0 Å². The van der Waals surface area contributed by atoms with Crippen molar-refractivity contribution in [2.24, 2.45) is 5.92 Å². The van der Waals surface area contributed by atoms with Crippen molar-refractivity contribution in [1.82, 2.24) is 5.32 Å². The van der Waals surface area contributed by atoms with Gasteiger partial charge in [0.25, 0.3) is 0 Å². The molecule has 0 aliphatic carbocycles. The van der Waals surface area contributed by atoms with E-state index in [1.54, 1.807) is 0 Å². The Morgan fingerprint density at radius 3 is 2.83 bits per heavy atom. The second-order valence-electron chi connectivity index (χ2n) is 5.75. The van der Waals surface area contributed by atoms with Crippen LogP contribution in [0.1, 0.15) is 49.4 Å². The lowest BCUT2D eigenvalue weighted by atomic mass is 9.95. The molecule has 0 saturated heterocycles. The van der Waals surface area contributed by atoms with Crippen molar-refractivity contribution in [2.75, 3.05) is 13.2 Å². The minimum atomic E-state index is 0.465. The van der Waals surface area contributed by atoms with Gasteiger partial charge < -0.3 is 10.1 Å². The van der Waals surface area contributed by atoms with E-state index in [4.69, 9.17) is 4.74 Å². The summed E-state index contributed by atoms with van der Waals surface area (Å²) in [6, 6.07) is 4.90. The standard InChI is InChI=1S/C16H25NO/c1-11(2)7-9-17-15-8-10-18-16-13(4)12(3)5-6-14(15)16/h5-6,11,15,17H,7-10H2,1-4H3. The zero-order valence-electron chi connectivity index (χ0n) is 12.0. The van der Waals surface area contributed by atoms with Crippen LogP contribution in [0.4, 0.5) is 0 Å². The molecule has 1 aliphatic heterocycles. The summed E-state index contributed by atoms with van der Waals surface area (Å²) in [5.41, 5.74) is 3.95. The van der Waals surface area contributed by atoms with Crippen molar-refractivity contribution >= 4 is 0 Å². The quantitative estimate of drug-likeness (QED) is 0.874. The third-order valence-electron chi connectivity index (χ3n) is 3.85. The van der Waals surface area contributed by atoms with Gasteiger partial charge in [0.05, 0.1) is 6.61 Å². The normalized spacial score (nSPS) is 18.6. The fraction of sp³-hybridized carbons (Fsp3) is 0.625. The Labute approximate surface area is 111 Å². The largest absolute Gasteiger partial charge is 0.493 e. The van der Waals surface area contributed by atoms with Crippen LogP contribution in [-0.4, -0.2) is 13.2 Å². The number of fused-ring (bicyclic) bond motifs is 1. The molecule has 0 aromatic heterocycles. The lowest BCUT2D eigenvalue weighted by molar-refractivity contribution is 0.249. The fourth-order valence-electron chi connectivity index (χ4n) is 2.47. The number of hydrogen-bond acceptors (Lipinski definition) is 2. The van der Waals surface area contributed by atoms with Crippen LogP contribution in [0, 0.1) is 19.8 Å². The molecule has 2 heteroatoms. The third kappa shape index (κ3) is 2.86. The minimum Gasteiger partial charge on any atom is -0.493 e. The summed E-state index contributed by atoms with van der Waals surface area (Å²) in [5.74, 6) is 1.87. The van der Waals surface area contributed by atoms with Crippen molar-refractivity contribution in [3.8, 4) is 5.75 Å². The highest BCUT2D eigenvalue weighted by atomic mass is 16.5. The van der Waals surface area contributed by atoms with E-state index in [0.29, 0.717) is 6.04 Å². The molecule has 1 heterocycles. The smallest absolute Gasteiger partial charge is 0.127 e. The average Bonchev–Trinajstić information content (AvgIpc) is 2.34. The molecule has 1 unspecified atom stereocenters. The number of hydrogen-bond donors (Lipinski definition) is 1. The SMILES string of the molecule is Cc1ccc2c(c1C)OCCC2NCCC(C)C. The van der Waals surface area contributed by atoms with Crippen molar-refractivity contribution in [3.63, 3.8) is 0 Å². The first-order chi connectivity index (χ1) is 8.59. The first kappa shape index (κ1) is 13.4. The Balaban J connectivity index is 2.11. The molecule has 2 rings (SSSR count). The molecule has 0 bridgehead atoms. The van der Waals surface area contributed by atoms with Gasteiger partial charge in [-0.05, 0) is 43.9 Å². The molecule has 100 valence electrons. The van der Waals surface area contributed by atoms with Crippen molar-refractivity contribution in [3.05, 3.63) is 28.8 Å². The van der Waals surface area contributed by atoms with E-state index in [1.165, 1.54) is 23.1 Å². The first-order valence-corrected chi connectivity index (χ1v) is 7.06. The van der Waals surface area contributed by atoms with Crippen molar-refractivity contribution < 1.29 is 4.74 Å². The molecule has 0 fully saturated rings. The molecule has 0 saturated carbocycles. The van der Waals surface area contributed by atoms with Gasteiger partial charge in [0.15, 0.2) is 0 Å². The first-order valence-electron chi connectivity index (χ1n) is 7.06. The highest BCUT2D eigenvalue weighted by molar-refractivity contribution is 5.47. The molecule has 1 atom stereocenters. The summed E-state index contributed by atoms with van der Waals surface area (Å²) in [6.07, 6.45) is 2.31. The zero-order valence-corrected chi connectivity index (χ0v) is 12.0. The lowest BCUT2D eigenvalue weighted by Gasteiger charge is -2.29. The van der Waals surface area contributed by atoms with Gasteiger partial charge >= 0.3 is 0 Å². The number of rotatable bonds is 4. The zero-order chi connectivity index (χ0) is 13.1. The average molecular weight is 247 g/mol. The monoisotopic (exact) mass is 247 g/mol. The Bertz CT molecular complexity index is 412. The molecule has 1 aromatic carbocycles. The van der Waals surface area contributed by atoms with E-state index >= 15 is 0 Å². The summed E-state index contributed by atoms with van der Waals surface area (Å²) in [4.78, 5) is 0. The Morgan fingerprint density at radius 2 is 2.11 bits per heavy atom. The van der Waals surface area contributed by atoms with Crippen LogP contribution in [0.25, 0.3) is 0 Å². The maximum Gasteiger partial charge on any atom is 0.127 e. The summed E-state index contributed by atoms with van der Waals surface area (Å²) in [5, 5.41) is 3.68. The second kappa shape index (κ2) is 5.75. The summed E-state index contributed by atoms with van der Waals surface area (Å²) in [6.45, 7) is 10.8. The maximum atomic E-state index is 5.85. The van der Waals surface area contributed by atoms with Gasteiger partial charge in [-0.2, -0.15) is 0 Å². The number of ether oxygens (including phenoxy) is 1. The van der Waals surface area contributed by atoms with Gasteiger partial charge in [0, 0.05) is 18.0 Å². The molecule has 0 spiro atoms. The van der Waals surface area contributed by atoms with E-state index in [0.717, 1.165) is 31.2 Å². The van der Waals surface area contributed by atoms with Gasteiger partial charge in [-0.25, -0.2) is 0 Å². The molecule has 1 aliphatic rings. The van der Waals surface area contributed by atoms with E-state index in [2.05, 4.69) is 45.1 Å². The van der Waals surface area contributed by atoms with E-state index in [1.807, 2.05) is 0 Å². The van der Waals surface area contributed by atoms with Gasteiger partial charge in [-0.1, -0.05) is 26.0 Å². The van der Waals surface area contributed by atoms with Crippen LogP contribution in [0.3, 0.4) is 0 Å². The Hall–Kier alpha value is -1.02. The van der Waals surface area contributed by atoms with Crippen LogP contribution in [-0.2, 0) is 0 Å². The summed E-state index contributed by atoms with van der Waals surface area (Å²) >= 11 is 0. The van der Waals surface area contributed by atoms with Gasteiger partial charge in [0.1, 0.15) is 5.75 Å². The van der Waals surface area contributed by atoms with Crippen LogP contribution in [0.15, 0.2) is 12.1 Å². The number of aryl methyl sites for hydroxylation is 1. The van der Waals surface area contributed by atoms with Crippen LogP contribution in [0.5, 0.6) is 5.75 Å². The minimum absolute atomic E-state index is 0.465. The molecular formula is C16H25NO. The molecule has 0 amide bonds. The van der Waals surface area contributed by atoms with E-state index in [9.17, 15) is 0 Å². The van der Waals surface area contributed by atoms with Gasteiger partial charge in [-0.15, -0.1) is 0 Å². The third-order valence-corrected chi connectivity index (χ3v) is 3.85. The lowest BCUT2D eigenvalue weighted by Crippen LogP contribution is -2.28. The predicted octanol–water partition coefficient (Wildman–Crippen LogP) is 3.76. The topological polar surface area (TPSA) is 21.3 Å². The molecule has 1 N–H and O–H groups in total. The second-order valence-corrected chi connectivity index (χ2v) is 5.75. The van der Waals surface area contributed by atoms with Crippen molar-refractivity contribution in [1.29, 1.82) is 0 Å². The van der Waals surface area contributed by atoms with E-state index < -0.39 is 0 Å². The fourth-order valence-corrected chi connectivity index (χ4v) is 2.47. The number of benzene rings is 1. The van der Waals surface area contributed by atoms with Crippen LogP contribution >= 0.6 is 0 Å². The molecular weight excluding hydrogens is 222 g/mol. The highest BCUT2D eigenvalue weighted by Crippen LogP contribution is 2.36. The summed E-state index contributed by atoms with van der Waals surface area (Å²) in [7, 11) is 0. The Kier molecular flexibility index (Phi) is 4.28. The van der Waals surface area contributed by atoms with Gasteiger partial charge in [0.2, 0.25) is 0 Å². The predicted molar refractivity (Wildman–Crippen MR) is 76.2 cm³/mol. The van der Waals surface area contributed by atoms with Crippen LogP contribution in [0.2, 0.25) is 0 Å². The molecule has 2 nitrogen and oxygen atoms in total. The Morgan fingerprint density at radius 1 is 1.33 bits per heavy atom. The van der Waals surface area contributed by atoms with E-state index in [-0.39, 0.29) is 0 Å².